The molecule has 0 bridgehead atoms. The van der Waals surface area contributed by atoms with E-state index >= 15 is 0 Å². The van der Waals surface area contributed by atoms with Crippen LogP contribution in [0.3, 0.4) is 0 Å². The third-order valence-corrected chi connectivity index (χ3v) is 4.41. The van der Waals surface area contributed by atoms with Gasteiger partial charge in [-0.15, -0.1) is 0 Å². The first kappa shape index (κ1) is 11.6. The highest BCUT2D eigenvalue weighted by atomic mass is 16.2. The van der Waals surface area contributed by atoms with Gasteiger partial charge in [-0.3, -0.25) is 0 Å². The summed E-state index contributed by atoms with van der Waals surface area (Å²) in [6, 6.07) is 8.94. The Morgan fingerprint density at radius 3 is 2.50 bits per heavy atom. The highest BCUT2D eigenvalue weighted by Crippen LogP contribution is 2.44. The van der Waals surface area contributed by atoms with Crippen molar-refractivity contribution in [3.63, 3.8) is 0 Å². The third kappa shape index (κ3) is 1.88. The first-order valence-electron chi connectivity index (χ1n) is 6.80. The molecular weight excluding hydrogens is 224 g/mol. The molecule has 1 saturated carbocycles. The number of aryl methyl sites for hydroxylation is 1. The normalized spacial score (nSPS) is 21.6. The minimum atomic E-state index is 0.105. The molecule has 0 spiro atoms. The van der Waals surface area contributed by atoms with Crippen molar-refractivity contribution >= 4 is 6.03 Å². The Labute approximate surface area is 108 Å². The first-order valence-corrected chi connectivity index (χ1v) is 6.80. The van der Waals surface area contributed by atoms with Crippen LogP contribution in [0.15, 0.2) is 24.3 Å². The summed E-state index contributed by atoms with van der Waals surface area (Å²) in [6.45, 7) is 4.64. The number of nitrogens with one attached hydrogen (secondary N) is 1. The van der Waals surface area contributed by atoms with Gasteiger partial charge in [0.15, 0.2) is 0 Å². The van der Waals surface area contributed by atoms with Gasteiger partial charge >= 0.3 is 6.03 Å². The van der Waals surface area contributed by atoms with Gasteiger partial charge < -0.3 is 10.2 Å². The molecule has 1 N–H and O–H groups in total. The fourth-order valence-electron chi connectivity index (χ4n) is 3.08. The second-order valence-corrected chi connectivity index (χ2v) is 5.65. The summed E-state index contributed by atoms with van der Waals surface area (Å²) in [5.41, 5.74) is 2.92. The van der Waals surface area contributed by atoms with Crippen LogP contribution >= 0.6 is 0 Å². The summed E-state index contributed by atoms with van der Waals surface area (Å²) in [5.74, 6) is 0. The second kappa shape index (κ2) is 4.30. The third-order valence-electron chi connectivity index (χ3n) is 4.41. The number of amides is 2. The van der Waals surface area contributed by atoms with Crippen LogP contribution in [-0.2, 0) is 5.41 Å². The molecular formula is C15H20N2O. The van der Waals surface area contributed by atoms with Crippen molar-refractivity contribution in [1.29, 1.82) is 0 Å². The Morgan fingerprint density at radius 2 is 2.00 bits per heavy atom. The average molecular weight is 244 g/mol. The van der Waals surface area contributed by atoms with Crippen molar-refractivity contribution < 1.29 is 4.79 Å². The van der Waals surface area contributed by atoms with Crippen molar-refractivity contribution in [2.45, 2.75) is 31.6 Å². The van der Waals surface area contributed by atoms with Gasteiger partial charge in [0.2, 0.25) is 0 Å². The van der Waals surface area contributed by atoms with Crippen LogP contribution in [0.25, 0.3) is 0 Å². The van der Waals surface area contributed by atoms with Gasteiger partial charge in [-0.2, -0.15) is 0 Å². The molecule has 1 aliphatic heterocycles. The number of hydrogen-bond donors (Lipinski definition) is 1. The summed E-state index contributed by atoms with van der Waals surface area (Å²) >= 11 is 0. The minimum Gasteiger partial charge on any atom is -0.336 e. The number of urea groups is 1. The highest BCUT2D eigenvalue weighted by Gasteiger charge is 2.41. The van der Waals surface area contributed by atoms with Gasteiger partial charge in [0.1, 0.15) is 0 Å². The molecule has 2 amide bonds. The Kier molecular flexibility index (Phi) is 2.77. The molecule has 96 valence electrons. The van der Waals surface area contributed by atoms with Crippen molar-refractivity contribution in [2.75, 3.05) is 19.6 Å². The fourth-order valence-corrected chi connectivity index (χ4v) is 3.08. The number of carbonyl (C=O) groups is 1. The molecule has 1 aromatic rings. The van der Waals surface area contributed by atoms with E-state index in [0.29, 0.717) is 0 Å². The molecule has 3 heteroatoms. The molecule has 2 fully saturated rings. The van der Waals surface area contributed by atoms with Crippen LogP contribution < -0.4 is 5.32 Å². The summed E-state index contributed by atoms with van der Waals surface area (Å²) < 4.78 is 0. The van der Waals surface area contributed by atoms with Crippen LogP contribution in [0.1, 0.15) is 30.4 Å². The molecule has 18 heavy (non-hydrogen) atoms. The predicted octanol–water partition coefficient (Wildman–Crippen LogP) is 2.44. The second-order valence-electron chi connectivity index (χ2n) is 5.65. The van der Waals surface area contributed by atoms with E-state index in [1.807, 2.05) is 4.90 Å². The number of carbonyl (C=O) groups excluding carboxylic acids is 1. The van der Waals surface area contributed by atoms with E-state index in [9.17, 15) is 4.79 Å². The van der Waals surface area contributed by atoms with Gasteiger partial charge in [-0.05, 0) is 25.3 Å². The molecule has 1 heterocycles. The largest absolute Gasteiger partial charge is 0.336 e. The van der Waals surface area contributed by atoms with Crippen LogP contribution in [0.4, 0.5) is 4.79 Å². The zero-order valence-electron chi connectivity index (χ0n) is 10.9. The van der Waals surface area contributed by atoms with Gasteiger partial charge in [0.05, 0.1) is 0 Å². The number of rotatable bonds is 3. The van der Waals surface area contributed by atoms with Crippen LogP contribution in [0, 0.1) is 6.92 Å². The van der Waals surface area contributed by atoms with Gasteiger partial charge in [-0.1, -0.05) is 36.2 Å². The summed E-state index contributed by atoms with van der Waals surface area (Å²) in [7, 11) is 0. The van der Waals surface area contributed by atoms with Crippen molar-refractivity contribution in [3.05, 3.63) is 35.4 Å². The quantitative estimate of drug-likeness (QED) is 0.870. The molecule has 3 rings (SSSR count). The maximum Gasteiger partial charge on any atom is 0.317 e. The first-order chi connectivity index (χ1) is 8.70. The molecule has 1 aromatic carbocycles. The van der Waals surface area contributed by atoms with E-state index < -0.39 is 0 Å². The van der Waals surface area contributed by atoms with Crippen molar-refractivity contribution in [2.24, 2.45) is 0 Å². The predicted molar refractivity (Wildman–Crippen MR) is 71.7 cm³/mol. The smallest absolute Gasteiger partial charge is 0.317 e. The monoisotopic (exact) mass is 244 g/mol. The SMILES string of the molecule is Cc1ccc(C2(CN3CCNC3=O)CCC2)cc1. The molecule has 0 unspecified atom stereocenters. The Bertz CT molecular complexity index is 448. The molecule has 0 aromatic heterocycles. The summed E-state index contributed by atoms with van der Waals surface area (Å²) in [4.78, 5) is 13.7. The van der Waals surface area contributed by atoms with Gasteiger partial charge in [0.25, 0.3) is 0 Å². The molecule has 0 atom stereocenters. The maximum absolute atomic E-state index is 11.7. The average Bonchev–Trinajstić information content (AvgIpc) is 2.71. The Balaban J connectivity index is 1.81. The van der Waals surface area contributed by atoms with E-state index in [2.05, 4.69) is 36.5 Å². The number of benzene rings is 1. The van der Waals surface area contributed by atoms with Gasteiger partial charge in [0, 0.05) is 25.0 Å². The molecule has 2 aliphatic rings. The molecule has 3 nitrogen and oxygen atoms in total. The topological polar surface area (TPSA) is 32.3 Å². The lowest BCUT2D eigenvalue weighted by Gasteiger charge is -2.44. The molecule has 0 radical (unpaired) electrons. The lowest BCUT2D eigenvalue weighted by Crippen LogP contribution is -2.46. The Morgan fingerprint density at radius 1 is 1.28 bits per heavy atom. The van der Waals surface area contributed by atoms with Crippen molar-refractivity contribution in [3.8, 4) is 0 Å². The zero-order chi connectivity index (χ0) is 12.6. The van der Waals surface area contributed by atoms with E-state index in [1.54, 1.807) is 0 Å². The maximum atomic E-state index is 11.7. The standard InChI is InChI=1S/C15H20N2O/c1-12-3-5-13(6-4-12)15(7-2-8-15)11-17-10-9-16-14(17)18/h3-6H,2,7-11H2,1H3,(H,16,18). The summed E-state index contributed by atoms with van der Waals surface area (Å²) in [6.07, 6.45) is 3.70. The number of hydrogen-bond acceptors (Lipinski definition) is 1. The van der Waals surface area contributed by atoms with Crippen LogP contribution in [-0.4, -0.2) is 30.6 Å². The van der Waals surface area contributed by atoms with E-state index in [1.165, 1.54) is 30.4 Å². The van der Waals surface area contributed by atoms with Crippen LogP contribution in [0.5, 0.6) is 0 Å². The lowest BCUT2D eigenvalue weighted by atomic mass is 9.64. The zero-order valence-corrected chi connectivity index (χ0v) is 10.9. The summed E-state index contributed by atoms with van der Waals surface area (Å²) in [5, 5.41) is 2.89. The number of nitrogens with zero attached hydrogens (tertiary/aromatic N) is 1. The van der Waals surface area contributed by atoms with Gasteiger partial charge in [-0.25, -0.2) is 4.79 Å². The van der Waals surface area contributed by atoms with E-state index in [0.717, 1.165) is 19.6 Å². The molecule has 1 saturated heterocycles. The Hall–Kier alpha value is -1.51. The fraction of sp³-hybridized carbons (Fsp3) is 0.533. The van der Waals surface area contributed by atoms with E-state index in [-0.39, 0.29) is 11.4 Å². The van der Waals surface area contributed by atoms with Crippen LogP contribution in [0.2, 0.25) is 0 Å². The van der Waals surface area contributed by atoms with Crippen molar-refractivity contribution in [1.82, 2.24) is 10.2 Å². The van der Waals surface area contributed by atoms with E-state index in [4.69, 9.17) is 0 Å². The highest BCUT2D eigenvalue weighted by molar-refractivity contribution is 5.76. The lowest BCUT2D eigenvalue weighted by molar-refractivity contribution is 0.160. The minimum absolute atomic E-state index is 0.105. The molecule has 1 aliphatic carbocycles.